The average Bonchev–Trinajstić information content (AvgIpc) is 2.42. The zero-order valence-corrected chi connectivity index (χ0v) is 12.5. The van der Waals surface area contributed by atoms with E-state index in [9.17, 15) is 9.18 Å². The molecule has 0 fully saturated rings. The van der Waals surface area contributed by atoms with Crippen molar-refractivity contribution in [3.8, 4) is 5.75 Å². The smallest absolute Gasteiger partial charge is 0.220 e. The zero-order valence-electron chi connectivity index (χ0n) is 11.7. The fourth-order valence-corrected chi connectivity index (χ4v) is 1.51. The van der Waals surface area contributed by atoms with Gasteiger partial charge in [0.15, 0.2) is 0 Å². The number of amides is 1. The largest absolute Gasteiger partial charge is 0.494 e. The molecule has 1 aromatic rings. The molecule has 0 heterocycles. The summed E-state index contributed by atoms with van der Waals surface area (Å²) in [6.45, 7) is 4.81. The summed E-state index contributed by atoms with van der Waals surface area (Å²) in [5.74, 6) is 0.363. The molecule has 4 nitrogen and oxygen atoms in total. The van der Waals surface area contributed by atoms with Crippen LogP contribution in [0.4, 0.5) is 4.39 Å². The summed E-state index contributed by atoms with van der Waals surface area (Å²) in [4.78, 5) is 11.4. The number of nitrogens with one attached hydrogen (secondary N) is 2. The Labute approximate surface area is 125 Å². The molecule has 0 radical (unpaired) electrons. The van der Waals surface area contributed by atoms with Crippen molar-refractivity contribution in [2.45, 2.75) is 19.8 Å². The molecule has 0 aliphatic rings. The molecule has 1 aromatic carbocycles. The average molecular weight is 305 g/mol. The summed E-state index contributed by atoms with van der Waals surface area (Å²) in [6.07, 6.45) is 1.08. The molecule has 1 amide bonds. The molecule has 0 aromatic heterocycles. The highest BCUT2D eigenvalue weighted by molar-refractivity contribution is 5.85. The van der Waals surface area contributed by atoms with Crippen LogP contribution in [0.25, 0.3) is 0 Å². The van der Waals surface area contributed by atoms with E-state index in [4.69, 9.17) is 4.74 Å². The fourth-order valence-electron chi connectivity index (χ4n) is 1.51. The molecule has 0 saturated carbocycles. The molecule has 6 heteroatoms. The second-order valence-corrected chi connectivity index (χ2v) is 4.11. The highest BCUT2D eigenvalue weighted by Crippen LogP contribution is 2.11. The first kappa shape index (κ1) is 18.7. The van der Waals surface area contributed by atoms with E-state index in [1.54, 1.807) is 12.1 Å². The molecular weight excluding hydrogens is 283 g/mol. The normalized spacial score (nSPS) is 9.70. The van der Waals surface area contributed by atoms with E-state index in [0.717, 1.165) is 13.1 Å². The van der Waals surface area contributed by atoms with Gasteiger partial charge in [-0.15, -0.1) is 12.4 Å². The van der Waals surface area contributed by atoms with Gasteiger partial charge in [-0.1, -0.05) is 6.92 Å². The number of carbonyl (C=O) groups is 1. The van der Waals surface area contributed by atoms with E-state index in [1.807, 2.05) is 6.92 Å². The molecule has 0 aliphatic carbocycles. The van der Waals surface area contributed by atoms with Gasteiger partial charge in [-0.2, -0.15) is 0 Å². The number of hydrogen-bond donors (Lipinski definition) is 2. The predicted molar refractivity (Wildman–Crippen MR) is 79.9 cm³/mol. The molecule has 0 aliphatic heterocycles. The Morgan fingerprint density at radius 1 is 1.25 bits per heavy atom. The second kappa shape index (κ2) is 11.5. The third-order valence-electron chi connectivity index (χ3n) is 2.50. The van der Waals surface area contributed by atoms with E-state index < -0.39 is 0 Å². The summed E-state index contributed by atoms with van der Waals surface area (Å²) in [5, 5.41) is 5.94. The Morgan fingerprint density at radius 3 is 2.60 bits per heavy atom. The first-order chi connectivity index (χ1) is 9.22. The molecule has 114 valence electrons. The minimum absolute atomic E-state index is 0. The molecule has 0 spiro atoms. The maximum Gasteiger partial charge on any atom is 0.220 e. The Balaban J connectivity index is 0.00000361. The minimum Gasteiger partial charge on any atom is -0.494 e. The third kappa shape index (κ3) is 8.72. The van der Waals surface area contributed by atoms with Crippen LogP contribution in [0.15, 0.2) is 24.3 Å². The number of likely N-dealkylation sites (N-methyl/N-ethyl adjacent to an activating group) is 1. The number of rotatable bonds is 9. The van der Waals surface area contributed by atoms with Gasteiger partial charge in [-0.25, -0.2) is 4.39 Å². The maximum atomic E-state index is 12.6. The highest BCUT2D eigenvalue weighted by atomic mass is 35.5. The maximum absolute atomic E-state index is 12.6. The first-order valence-corrected chi connectivity index (χ1v) is 6.58. The molecule has 1 rings (SSSR count). The molecule has 20 heavy (non-hydrogen) atoms. The van der Waals surface area contributed by atoms with Crippen LogP contribution in [0.2, 0.25) is 0 Å². The summed E-state index contributed by atoms with van der Waals surface area (Å²) in [5.41, 5.74) is 0. The van der Waals surface area contributed by atoms with Crippen molar-refractivity contribution < 1.29 is 13.9 Å². The van der Waals surface area contributed by atoms with E-state index >= 15 is 0 Å². The summed E-state index contributed by atoms with van der Waals surface area (Å²) < 4.78 is 18.0. The third-order valence-corrected chi connectivity index (χ3v) is 2.50. The van der Waals surface area contributed by atoms with Crippen LogP contribution in [0, 0.1) is 5.82 Å². The van der Waals surface area contributed by atoms with Crippen molar-refractivity contribution in [3.63, 3.8) is 0 Å². The minimum atomic E-state index is -0.285. The summed E-state index contributed by atoms with van der Waals surface area (Å²) in [6, 6.07) is 5.85. The van der Waals surface area contributed by atoms with E-state index in [2.05, 4.69) is 10.6 Å². The van der Waals surface area contributed by atoms with Crippen molar-refractivity contribution in [2.24, 2.45) is 0 Å². The molecule has 0 bridgehead atoms. The fraction of sp³-hybridized carbons (Fsp3) is 0.500. The van der Waals surface area contributed by atoms with Crippen molar-refractivity contribution in [1.82, 2.24) is 10.6 Å². The number of carbonyl (C=O) groups excluding carboxylic acids is 1. The van der Waals surface area contributed by atoms with Crippen molar-refractivity contribution in [1.29, 1.82) is 0 Å². The van der Waals surface area contributed by atoms with Crippen LogP contribution < -0.4 is 15.4 Å². The lowest BCUT2D eigenvalue weighted by molar-refractivity contribution is -0.121. The Bertz CT molecular complexity index is 374. The van der Waals surface area contributed by atoms with Crippen molar-refractivity contribution in [3.05, 3.63) is 30.1 Å². The molecule has 2 N–H and O–H groups in total. The van der Waals surface area contributed by atoms with E-state index in [0.29, 0.717) is 31.7 Å². The van der Waals surface area contributed by atoms with Gasteiger partial charge in [0.2, 0.25) is 5.91 Å². The monoisotopic (exact) mass is 304 g/mol. The van der Waals surface area contributed by atoms with E-state index in [1.165, 1.54) is 12.1 Å². The first-order valence-electron chi connectivity index (χ1n) is 6.58. The standard InChI is InChI=1S/C14H21FN2O2.ClH/c1-2-16-9-10-17-14(18)4-3-11-19-13-7-5-12(15)6-8-13;/h5-8,16H,2-4,9-11H2,1H3,(H,17,18);1H. The number of benzene rings is 1. The zero-order chi connectivity index (χ0) is 13.9. The lowest BCUT2D eigenvalue weighted by Gasteiger charge is -2.07. The molecule has 0 unspecified atom stereocenters. The molecular formula is C14H22ClFN2O2. The van der Waals surface area contributed by atoms with Crippen LogP contribution in [-0.4, -0.2) is 32.1 Å². The Hall–Kier alpha value is -1.33. The van der Waals surface area contributed by atoms with Crippen LogP contribution in [0.1, 0.15) is 19.8 Å². The SMILES string of the molecule is CCNCCNC(=O)CCCOc1ccc(F)cc1.Cl. The number of hydrogen-bond acceptors (Lipinski definition) is 3. The van der Waals surface area contributed by atoms with Gasteiger partial charge >= 0.3 is 0 Å². The molecule has 0 atom stereocenters. The van der Waals surface area contributed by atoms with Crippen LogP contribution >= 0.6 is 12.4 Å². The van der Waals surface area contributed by atoms with Crippen LogP contribution in [0.5, 0.6) is 5.75 Å². The lowest BCUT2D eigenvalue weighted by atomic mass is 10.3. The van der Waals surface area contributed by atoms with Crippen molar-refractivity contribution in [2.75, 3.05) is 26.2 Å². The van der Waals surface area contributed by atoms with Crippen LogP contribution in [-0.2, 0) is 4.79 Å². The van der Waals surface area contributed by atoms with Gasteiger partial charge in [0.25, 0.3) is 0 Å². The van der Waals surface area contributed by atoms with Crippen LogP contribution in [0.3, 0.4) is 0 Å². The van der Waals surface area contributed by atoms with Gasteiger partial charge in [0, 0.05) is 19.5 Å². The predicted octanol–water partition coefficient (Wildman–Crippen LogP) is 2.13. The van der Waals surface area contributed by atoms with Gasteiger partial charge in [0.05, 0.1) is 6.61 Å². The second-order valence-electron chi connectivity index (χ2n) is 4.11. The van der Waals surface area contributed by atoms with Crippen molar-refractivity contribution >= 4 is 18.3 Å². The lowest BCUT2D eigenvalue weighted by Crippen LogP contribution is -2.31. The van der Waals surface area contributed by atoms with Gasteiger partial charge < -0.3 is 15.4 Å². The summed E-state index contributed by atoms with van der Waals surface area (Å²) in [7, 11) is 0. The van der Waals surface area contributed by atoms with Gasteiger partial charge in [0.1, 0.15) is 11.6 Å². The van der Waals surface area contributed by atoms with Gasteiger partial charge in [-0.05, 0) is 37.2 Å². The van der Waals surface area contributed by atoms with Gasteiger partial charge in [-0.3, -0.25) is 4.79 Å². The highest BCUT2D eigenvalue weighted by Gasteiger charge is 2.01. The Morgan fingerprint density at radius 2 is 1.95 bits per heavy atom. The summed E-state index contributed by atoms with van der Waals surface area (Å²) >= 11 is 0. The quantitative estimate of drug-likeness (QED) is 0.687. The number of halogens is 2. The Kier molecular flexibility index (Phi) is 10.7. The number of ether oxygens (including phenoxy) is 1. The topological polar surface area (TPSA) is 50.4 Å². The van der Waals surface area contributed by atoms with E-state index in [-0.39, 0.29) is 24.1 Å². The molecule has 0 saturated heterocycles.